The fraction of sp³-hybridized carbons (Fsp3) is 0.667. The van der Waals surface area contributed by atoms with Gasteiger partial charge in [0.15, 0.2) is 0 Å². The minimum absolute atomic E-state index is 0.673. The molecule has 0 unspecified atom stereocenters. The predicted octanol–water partition coefficient (Wildman–Crippen LogP) is 1.36. The van der Waals surface area contributed by atoms with Gasteiger partial charge in [0, 0.05) is 31.5 Å². The van der Waals surface area contributed by atoms with Gasteiger partial charge in [-0.1, -0.05) is 6.92 Å². The number of hydrogen-bond donors (Lipinski definition) is 1. The van der Waals surface area contributed by atoms with Gasteiger partial charge in [-0.25, -0.2) is 9.97 Å². The molecule has 4 heteroatoms. The first-order valence-electron chi connectivity index (χ1n) is 6.06. The van der Waals surface area contributed by atoms with Crippen molar-refractivity contribution >= 4 is 5.95 Å². The Labute approximate surface area is 97.1 Å². The maximum atomic E-state index is 4.37. The summed E-state index contributed by atoms with van der Waals surface area (Å²) < 4.78 is 0. The quantitative estimate of drug-likeness (QED) is 0.835. The summed E-state index contributed by atoms with van der Waals surface area (Å²) in [6, 6.07) is 0.673. The molecular weight excluding hydrogens is 200 g/mol. The molecule has 0 aliphatic carbocycles. The normalized spacial score (nSPS) is 17.8. The summed E-state index contributed by atoms with van der Waals surface area (Å²) in [6.07, 6.45) is 6.15. The van der Waals surface area contributed by atoms with E-state index < -0.39 is 0 Å². The van der Waals surface area contributed by atoms with Gasteiger partial charge < -0.3 is 10.2 Å². The van der Waals surface area contributed by atoms with Crippen LogP contribution in [0.3, 0.4) is 0 Å². The Bertz CT molecular complexity index is 314. The van der Waals surface area contributed by atoms with E-state index in [-0.39, 0.29) is 0 Å². The standard InChI is InChI=1S/C12H20N4/c1-3-13-11-4-6-16(7-5-11)12-14-8-10(2)9-15-12/h8-9,11,13H,3-7H2,1-2H3. The van der Waals surface area contributed by atoms with Crippen LogP contribution in [-0.4, -0.2) is 35.6 Å². The third-order valence-corrected chi connectivity index (χ3v) is 3.04. The number of nitrogens with zero attached hydrogens (tertiary/aromatic N) is 3. The molecule has 88 valence electrons. The average molecular weight is 220 g/mol. The molecule has 4 nitrogen and oxygen atoms in total. The third kappa shape index (κ3) is 2.70. The molecule has 1 aromatic heterocycles. The third-order valence-electron chi connectivity index (χ3n) is 3.04. The zero-order valence-corrected chi connectivity index (χ0v) is 10.1. The summed E-state index contributed by atoms with van der Waals surface area (Å²) in [4.78, 5) is 11.0. The molecule has 16 heavy (non-hydrogen) atoms. The first kappa shape index (κ1) is 11.3. The van der Waals surface area contributed by atoms with Gasteiger partial charge in [0.2, 0.25) is 5.95 Å². The molecule has 1 N–H and O–H groups in total. The minimum atomic E-state index is 0.673. The molecule has 0 amide bonds. The first-order chi connectivity index (χ1) is 7.79. The fourth-order valence-corrected chi connectivity index (χ4v) is 2.12. The van der Waals surface area contributed by atoms with Crippen molar-refractivity contribution in [1.82, 2.24) is 15.3 Å². The van der Waals surface area contributed by atoms with E-state index in [0.717, 1.165) is 31.1 Å². The van der Waals surface area contributed by atoms with Gasteiger partial charge in [0.25, 0.3) is 0 Å². The van der Waals surface area contributed by atoms with Gasteiger partial charge in [-0.2, -0.15) is 0 Å². The molecule has 1 saturated heterocycles. The van der Waals surface area contributed by atoms with Crippen molar-refractivity contribution in [3.05, 3.63) is 18.0 Å². The lowest BCUT2D eigenvalue weighted by molar-refractivity contribution is 0.421. The molecule has 0 bridgehead atoms. The minimum Gasteiger partial charge on any atom is -0.341 e. The SMILES string of the molecule is CCNC1CCN(c2ncc(C)cn2)CC1. The van der Waals surface area contributed by atoms with Crippen LogP contribution in [-0.2, 0) is 0 Å². The largest absolute Gasteiger partial charge is 0.341 e. The fourth-order valence-electron chi connectivity index (χ4n) is 2.12. The number of anilines is 1. The van der Waals surface area contributed by atoms with Crippen molar-refractivity contribution in [2.45, 2.75) is 32.7 Å². The summed E-state index contributed by atoms with van der Waals surface area (Å²) in [7, 11) is 0. The zero-order chi connectivity index (χ0) is 11.4. The van der Waals surface area contributed by atoms with Crippen molar-refractivity contribution in [2.75, 3.05) is 24.5 Å². The van der Waals surface area contributed by atoms with Crippen LogP contribution in [0, 0.1) is 6.92 Å². The zero-order valence-electron chi connectivity index (χ0n) is 10.1. The smallest absolute Gasteiger partial charge is 0.225 e. The van der Waals surface area contributed by atoms with E-state index in [1.54, 1.807) is 0 Å². The molecule has 0 aromatic carbocycles. The Hall–Kier alpha value is -1.16. The molecule has 1 aliphatic heterocycles. The van der Waals surface area contributed by atoms with Crippen LogP contribution in [0.15, 0.2) is 12.4 Å². The summed E-state index contributed by atoms with van der Waals surface area (Å²) >= 11 is 0. The van der Waals surface area contributed by atoms with Gasteiger partial charge in [-0.3, -0.25) is 0 Å². The van der Waals surface area contributed by atoms with Gasteiger partial charge in [0.05, 0.1) is 0 Å². The van der Waals surface area contributed by atoms with Crippen LogP contribution in [0.5, 0.6) is 0 Å². The molecule has 1 aromatic rings. The lowest BCUT2D eigenvalue weighted by atomic mass is 10.1. The van der Waals surface area contributed by atoms with Crippen molar-refractivity contribution in [1.29, 1.82) is 0 Å². The van der Waals surface area contributed by atoms with Gasteiger partial charge >= 0.3 is 0 Å². The molecule has 0 radical (unpaired) electrons. The predicted molar refractivity (Wildman–Crippen MR) is 65.7 cm³/mol. The number of nitrogens with one attached hydrogen (secondary N) is 1. The maximum absolute atomic E-state index is 4.37. The highest BCUT2D eigenvalue weighted by atomic mass is 15.3. The number of hydrogen-bond acceptors (Lipinski definition) is 4. The second kappa shape index (κ2) is 5.25. The molecule has 1 aliphatic rings. The van der Waals surface area contributed by atoms with Crippen molar-refractivity contribution in [3.63, 3.8) is 0 Å². The average Bonchev–Trinajstić information content (AvgIpc) is 2.32. The van der Waals surface area contributed by atoms with E-state index in [9.17, 15) is 0 Å². The Morgan fingerprint density at radius 1 is 1.31 bits per heavy atom. The maximum Gasteiger partial charge on any atom is 0.225 e. The van der Waals surface area contributed by atoms with Crippen molar-refractivity contribution in [3.8, 4) is 0 Å². The van der Waals surface area contributed by atoms with Crippen molar-refractivity contribution < 1.29 is 0 Å². The number of aryl methyl sites for hydroxylation is 1. The van der Waals surface area contributed by atoms with Crippen molar-refractivity contribution in [2.24, 2.45) is 0 Å². The molecule has 0 atom stereocenters. The number of piperidine rings is 1. The van der Waals surface area contributed by atoms with Crippen LogP contribution in [0.25, 0.3) is 0 Å². The highest BCUT2D eigenvalue weighted by Crippen LogP contribution is 2.15. The topological polar surface area (TPSA) is 41.0 Å². The Morgan fingerprint density at radius 3 is 2.50 bits per heavy atom. The van der Waals surface area contributed by atoms with Gasteiger partial charge in [0.1, 0.15) is 0 Å². The molecule has 0 spiro atoms. The van der Waals surface area contributed by atoms with E-state index in [1.165, 1.54) is 12.8 Å². The molecule has 2 rings (SSSR count). The monoisotopic (exact) mass is 220 g/mol. The lowest BCUT2D eigenvalue weighted by Gasteiger charge is -2.32. The highest BCUT2D eigenvalue weighted by Gasteiger charge is 2.19. The lowest BCUT2D eigenvalue weighted by Crippen LogP contribution is -2.43. The Kier molecular flexibility index (Phi) is 3.72. The van der Waals surface area contributed by atoms with Crippen LogP contribution >= 0.6 is 0 Å². The van der Waals surface area contributed by atoms with Gasteiger partial charge in [-0.15, -0.1) is 0 Å². The second-order valence-corrected chi connectivity index (χ2v) is 4.38. The van der Waals surface area contributed by atoms with E-state index in [0.29, 0.717) is 6.04 Å². The van der Waals surface area contributed by atoms with Crippen LogP contribution < -0.4 is 10.2 Å². The summed E-state index contributed by atoms with van der Waals surface area (Å²) in [5.74, 6) is 0.876. The van der Waals surface area contributed by atoms with Gasteiger partial charge in [-0.05, 0) is 31.9 Å². The summed E-state index contributed by atoms with van der Waals surface area (Å²) in [5, 5.41) is 3.50. The Morgan fingerprint density at radius 2 is 1.94 bits per heavy atom. The Balaban J connectivity index is 1.91. The van der Waals surface area contributed by atoms with E-state index in [1.807, 2.05) is 19.3 Å². The molecule has 0 saturated carbocycles. The van der Waals surface area contributed by atoms with Crippen LogP contribution in [0.4, 0.5) is 5.95 Å². The van der Waals surface area contributed by atoms with Crippen LogP contribution in [0.1, 0.15) is 25.3 Å². The molecular formula is C12H20N4. The number of rotatable bonds is 3. The van der Waals surface area contributed by atoms with E-state index in [2.05, 4.69) is 27.1 Å². The summed E-state index contributed by atoms with van der Waals surface area (Å²) in [6.45, 7) is 7.35. The summed E-state index contributed by atoms with van der Waals surface area (Å²) in [5.41, 5.74) is 1.12. The second-order valence-electron chi connectivity index (χ2n) is 4.38. The van der Waals surface area contributed by atoms with Crippen LogP contribution in [0.2, 0.25) is 0 Å². The first-order valence-corrected chi connectivity index (χ1v) is 6.06. The number of aromatic nitrogens is 2. The molecule has 1 fully saturated rings. The van der Waals surface area contributed by atoms with E-state index in [4.69, 9.17) is 0 Å². The molecule has 2 heterocycles. The highest BCUT2D eigenvalue weighted by molar-refractivity contribution is 5.30. The van der Waals surface area contributed by atoms with E-state index >= 15 is 0 Å².